The molecule has 3 aliphatic heterocycles. The van der Waals surface area contributed by atoms with E-state index in [9.17, 15) is 19.8 Å². The number of ether oxygens (including phenoxy) is 1. The summed E-state index contributed by atoms with van der Waals surface area (Å²) in [5, 5.41) is 22.2. The van der Waals surface area contributed by atoms with E-state index >= 15 is 0 Å². The smallest absolute Gasteiger partial charge is 0.332 e. The van der Waals surface area contributed by atoms with Gasteiger partial charge in [-0.1, -0.05) is 19.8 Å². The van der Waals surface area contributed by atoms with Crippen LogP contribution in [0.5, 0.6) is 0 Å². The van der Waals surface area contributed by atoms with Crippen LogP contribution in [0.25, 0.3) is 0 Å². The second kappa shape index (κ2) is 8.20. The van der Waals surface area contributed by atoms with E-state index in [1.165, 1.54) is 4.90 Å². The minimum absolute atomic E-state index is 0.119. The van der Waals surface area contributed by atoms with Crippen molar-refractivity contribution in [2.75, 3.05) is 6.61 Å². The topological polar surface area (TPSA) is 102 Å². The second-order valence-electron chi connectivity index (χ2n) is 6.94. The van der Waals surface area contributed by atoms with Crippen LogP contribution in [0, 0.1) is 0 Å². The molecule has 0 saturated carbocycles. The minimum atomic E-state index is -0.809. The first-order valence-electron chi connectivity index (χ1n) is 9.26. The Bertz CT molecular complexity index is 606. The Balaban J connectivity index is 1.64. The van der Waals surface area contributed by atoms with E-state index in [0.717, 1.165) is 19.3 Å². The molecule has 144 valence electrons. The van der Waals surface area contributed by atoms with Crippen LogP contribution in [-0.2, 0) is 9.53 Å². The van der Waals surface area contributed by atoms with Gasteiger partial charge in [0.15, 0.2) is 0 Å². The predicted molar refractivity (Wildman–Crippen MR) is 93.4 cm³/mol. The van der Waals surface area contributed by atoms with Gasteiger partial charge in [0.05, 0.1) is 12.7 Å². The maximum absolute atomic E-state index is 12.9. The standard InChI is InChI=1S/C18H27N3O5/c1-2-3-4-5-13(23)8-12-10-19-16-6-7-20(18(25)21(12)16)17-9-14(24)15(11-22)26-17/h6-7,10,14-17,19,22,24H,2-5,8-9,11H2,1H3/t14-,15+,16?,17+/m0/s1. The quantitative estimate of drug-likeness (QED) is 0.555. The number of carbonyl (C=O) groups excluding carboxylic acids is 2. The van der Waals surface area contributed by atoms with E-state index in [1.807, 2.05) is 6.08 Å². The number of aliphatic hydroxyl groups excluding tert-OH is 2. The van der Waals surface area contributed by atoms with Gasteiger partial charge in [0.25, 0.3) is 0 Å². The lowest BCUT2D eigenvalue weighted by molar-refractivity contribution is -0.118. The number of Topliss-reactive ketones (excluding diaryl/α,β-unsaturated/α-hetero) is 1. The van der Waals surface area contributed by atoms with Gasteiger partial charge in [0.1, 0.15) is 24.3 Å². The maximum Gasteiger partial charge on any atom is 0.332 e. The predicted octanol–water partition coefficient (Wildman–Crippen LogP) is 1.02. The van der Waals surface area contributed by atoms with Gasteiger partial charge in [-0.25, -0.2) is 4.79 Å². The summed E-state index contributed by atoms with van der Waals surface area (Å²) in [7, 11) is 0. The molecule has 26 heavy (non-hydrogen) atoms. The van der Waals surface area contributed by atoms with Crippen molar-refractivity contribution < 1.29 is 24.5 Å². The fourth-order valence-electron chi connectivity index (χ4n) is 3.52. The molecule has 1 unspecified atom stereocenters. The van der Waals surface area contributed by atoms with Gasteiger partial charge in [-0.05, 0) is 12.5 Å². The Morgan fingerprint density at radius 2 is 2.23 bits per heavy atom. The lowest BCUT2D eigenvalue weighted by Crippen LogP contribution is -2.52. The Hall–Kier alpha value is -1.90. The molecule has 0 aromatic heterocycles. The van der Waals surface area contributed by atoms with Crippen molar-refractivity contribution in [3.8, 4) is 0 Å². The van der Waals surface area contributed by atoms with Crippen molar-refractivity contribution in [3.63, 3.8) is 0 Å². The van der Waals surface area contributed by atoms with E-state index in [1.54, 1.807) is 17.3 Å². The number of rotatable bonds is 8. The van der Waals surface area contributed by atoms with E-state index < -0.39 is 18.4 Å². The van der Waals surface area contributed by atoms with Crippen LogP contribution in [0.3, 0.4) is 0 Å². The summed E-state index contributed by atoms with van der Waals surface area (Å²) >= 11 is 0. The molecule has 1 saturated heterocycles. The average Bonchev–Trinajstić information content (AvgIpc) is 3.19. The van der Waals surface area contributed by atoms with Gasteiger partial charge in [0.2, 0.25) is 0 Å². The third-order valence-corrected chi connectivity index (χ3v) is 5.00. The van der Waals surface area contributed by atoms with Crippen LogP contribution in [0.2, 0.25) is 0 Å². The molecule has 8 nitrogen and oxygen atoms in total. The normalized spacial score (nSPS) is 30.4. The molecule has 0 spiro atoms. The second-order valence-corrected chi connectivity index (χ2v) is 6.94. The zero-order valence-corrected chi connectivity index (χ0v) is 15.0. The number of nitrogens with zero attached hydrogens (tertiary/aromatic N) is 2. The highest BCUT2D eigenvalue weighted by molar-refractivity contribution is 5.85. The molecule has 1 fully saturated rings. The number of urea groups is 1. The molecule has 0 aromatic carbocycles. The largest absolute Gasteiger partial charge is 0.394 e. The number of unbranched alkanes of at least 4 members (excludes halogenated alkanes) is 2. The van der Waals surface area contributed by atoms with Gasteiger partial charge < -0.3 is 20.3 Å². The van der Waals surface area contributed by atoms with Gasteiger partial charge >= 0.3 is 6.03 Å². The number of hydrogen-bond donors (Lipinski definition) is 3. The van der Waals surface area contributed by atoms with Gasteiger partial charge in [0, 0.05) is 37.4 Å². The Morgan fingerprint density at radius 3 is 2.92 bits per heavy atom. The van der Waals surface area contributed by atoms with Crippen molar-refractivity contribution in [1.82, 2.24) is 15.1 Å². The average molecular weight is 365 g/mol. The molecule has 8 heteroatoms. The van der Waals surface area contributed by atoms with Crippen molar-refractivity contribution in [2.24, 2.45) is 0 Å². The summed E-state index contributed by atoms with van der Waals surface area (Å²) in [6.45, 7) is 1.80. The maximum atomic E-state index is 12.9. The zero-order valence-electron chi connectivity index (χ0n) is 15.0. The highest BCUT2D eigenvalue weighted by Gasteiger charge is 2.43. The number of carbonyl (C=O) groups is 2. The monoisotopic (exact) mass is 365 g/mol. The summed E-state index contributed by atoms with van der Waals surface area (Å²) < 4.78 is 5.58. The first-order chi connectivity index (χ1) is 12.5. The Kier molecular flexibility index (Phi) is 5.95. The number of nitrogens with one attached hydrogen (secondary N) is 1. The molecule has 0 radical (unpaired) electrons. The molecule has 3 N–H and O–H groups in total. The summed E-state index contributed by atoms with van der Waals surface area (Å²) in [5.74, 6) is 0.119. The van der Waals surface area contributed by atoms with E-state index in [0.29, 0.717) is 12.1 Å². The van der Waals surface area contributed by atoms with Gasteiger partial charge in [-0.2, -0.15) is 0 Å². The summed E-state index contributed by atoms with van der Waals surface area (Å²) in [4.78, 5) is 28.1. The van der Waals surface area contributed by atoms with Crippen LogP contribution in [0.1, 0.15) is 45.4 Å². The Labute approximate surface area is 153 Å². The number of aliphatic hydroxyl groups is 2. The molecule has 4 atom stereocenters. The third kappa shape index (κ3) is 3.77. The van der Waals surface area contributed by atoms with Gasteiger partial charge in [-0.15, -0.1) is 0 Å². The first-order valence-corrected chi connectivity index (χ1v) is 9.26. The van der Waals surface area contributed by atoms with Crippen molar-refractivity contribution in [2.45, 2.75) is 70.1 Å². The van der Waals surface area contributed by atoms with E-state index in [4.69, 9.17) is 4.74 Å². The van der Waals surface area contributed by atoms with Crippen LogP contribution in [0.4, 0.5) is 4.79 Å². The van der Waals surface area contributed by atoms with Gasteiger partial charge in [-0.3, -0.25) is 14.6 Å². The number of allylic oxidation sites excluding steroid dienone is 1. The molecule has 3 aliphatic rings. The molecular formula is C18H27N3O5. The van der Waals surface area contributed by atoms with Crippen molar-refractivity contribution in [3.05, 3.63) is 24.2 Å². The number of fused-ring (bicyclic) bond motifs is 1. The lowest BCUT2D eigenvalue weighted by Gasteiger charge is -2.36. The van der Waals surface area contributed by atoms with Crippen molar-refractivity contribution in [1.29, 1.82) is 0 Å². The van der Waals surface area contributed by atoms with E-state index in [2.05, 4.69) is 12.2 Å². The molecular weight excluding hydrogens is 338 g/mol. The SMILES string of the molecule is CCCCCC(=O)CC1=CNC2C=CN([C@H]3C[C@H](O)[C@@H](CO)O3)C(=O)N12. The van der Waals surface area contributed by atoms with Crippen LogP contribution in [0.15, 0.2) is 24.2 Å². The summed E-state index contributed by atoms with van der Waals surface area (Å²) in [6.07, 6.45) is 6.66. The summed E-state index contributed by atoms with van der Waals surface area (Å²) in [5.41, 5.74) is 0.646. The fraction of sp³-hybridized carbons (Fsp3) is 0.667. The molecule has 2 amide bonds. The van der Waals surface area contributed by atoms with Crippen LogP contribution >= 0.6 is 0 Å². The highest BCUT2D eigenvalue weighted by Crippen LogP contribution is 2.30. The Morgan fingerprint density at radius 1 is 1.42 bits per heavy atom. The van der Waals surface area contributed by atoms with Crippen molar-refractivity contribution >= 4 is 11.8 Å². The molecule has 0 aromatic rings. The third-order valence-electron chi connectivity index (χ3n) is 5.00. The zero-order chi connectivity index (χ0) is 18.7. The lowest BCUT2D eigenvalue weighted by atomic mass is 10.1. The molecule has 0 aliphatic carbocycles. The van der Waals surface area contributed by atoms with Crippen LogP contribution < -0.4 is 5.32 Å². The van der Waals surface area contributed by atoms with E-state index in [-0.39, 0.29) is 37.4 Å². The van der Waals surface area contributed by atoms with Crippen LogP contribution in [-0.4, -0.2) is 63.0 Å². The molecule has 0 bridgehead atoms. The number of ketones is 1. The minimum Gasteiger partial charge on any atom is -0.394 e. The summed E-state index contributed by atoms with van der Waals surface area (Å²) in [6, 6.07) is -0.300. The number of hydrogen-bond acceptors (Lipinski definition) is 6. The molecule has 3 rings (SSSR count). The highest BCUT2D eigenvalue weighted by atomic mass is 16.5. The number of amides is 2. The fourth-order valence-corrected chi connectivity index (χ4v) is 3.52. The molecule has 3 heterocycles. The first kappa shape index (κ1) is 18.9.